The summed E-state index contributed by atoms with van der Waals surface area (Å²) in [5.74, 6) is -1.42. The first kappa shape index (κ1) is 15.1. The van der Waals surface area contributed by atoms with Crippen LogP contribution < -0.4 is 15.6 Å². The van der Waals surface area contributed by atoms with Gasteiger partial charge in [0.25, 0.3) is 0 Å². The van der Waals surface area contributed by atoms with E-state index in [1.165, 1.54) is 4.90 Å². The highest BCUT2D eigenvalue weighted by atomic mass is 16.2. The van der Waals surface area contributed by atoms with E-state index < -0.39 is 11.8 Å². The summed E-state index contributed by atoms with van der Waals surface area (Å²) in [5.41, 5.74) is 4.14. The molecule has 1 fully saturated rings. The first-order valence-electron chi connectivity index (χ1n) is 6.99. The van der Waals surface area contributed by atoms with Gasteiger partial charge in [-0.05, 0) is 17.7 Å². The van der Waals surface area contributed by atoms with Gasteiger partial charge in [-0.2, -0.15) is 5.10 Å². The molecule has 7 heteroatoms. The third kappa shape index (κ3) is 4.96. The first-order valence-corrected chi connectivity index (χ1v) is 6.99. The number of hydrogen-bond acceptors (Lipinski definition) is 4. The lowest BCUT2D eigenvalue weighted by Gasteiger charge is -2.20. The predicted octanol–water partition coefficient (Wildman–Crippen LogP) is -1.52. The zero-order valence-corrected chi connectivity index (χ0v) is 12.1. The van der Waals surface area contributed by atoms with Crippen molar-refractivity contribution in [3.8, 4) is 0 Å². The van der Waals surface area contributed by atoms with Crippen molar-refractivity contribution >= 4 is 17.5 Å². The molecule has 0 bridgehead atoms. The number of carbonyl (C=O) groups excluding carboxylic acids is 2. The Morgan fingerprint density at radius 1 is 1.24 bits per heavy atom. The monoisotopic (exact) mass is 290 g/mol. The van der Waals surface area contributed by atoms with Gasteiger partial charge in [-0.25, -0.2) is 5.43 Å². The average Bonchev–Trinajstić information content (AvgIpc) is 2.52. The topological polar surface area (TPSA) is 87.9 Å². The summed E-state index contributed by atoms with van der Waals surface area (Å²) in [7, 11) is 2.13. The molecule has 1 aliphatic rings. The van der Waals surface area contributed by atoms with E-state index in [0.717, 1.165) is 37.2 Å². The maximum absolute atomic E-state index is 11.6. The van der Waals surface area contributed by atoms with Gasteiger partial charge in [-0.1, -0.05) is 0 Å². The number of rotatable bonds is 3. The number of nitrogens with one attached hydrogen (secondary N) is 3. The largest absolute Gasteiger partial charge is 0.344 e. The number of amides is 2. The molecule has 2 rings (SSSR count). The molecule has 112 valence electrons. The Balaban J connectivity index is 1.75. The number of quaternary nitrogens is 1. The second-order valence-electron chi connectivity index (χ2n) is 5.11. The summed E-state index contributed by atoms with van der Waals surface area (Å²) in [6.07, 6.45) is 4.97. The van der Waals surface area contributed by atoms with Crippen LogP contribution in [0.15, 0.2) is 29.6 Å². The van der Waals surface area contributed by atoms with Crippen molar-refractivity contribution in [2.45, 2.75) is 19.4 Å². The highest BCUT2D eigenvalue weighted by molar-refractivity contribution is 6.35. The van der Waals surface area contributed by atoms with Crippen molar-refractivity contribution in [1.82, 2.24) is 15.7 Å². The van der Waals surface area contributed by atoms with Gasteiger partial charge < -0.3 is 10.2 Å². The van der Waals surface area contributed by atoms with Gasteiger partial charge in [0, 0.05) is 37.5 Å². The minimum atomic E-state index is -0.733. The number of hydrogen-bond donors (Lipinski definition) is 3. The van der Waals surface area contributed by atoms with Crippen molar-refractivity contribution in [2.24, 2.45) is 5.10 Å². The highest BCUT2D eigenvalue weighted by Gasteiger charge is 2.16. The van der Waals surface area contributed by atoms with Gasteiger partial charge in [0.05, 0.1) is 20.1 Å². The highest BCUT2D eigenvalue weighted by Crippen LogP contribution is 1.95. The Bertz CT molecular complexity index is 519. The zero-order chi connectivity index (χ0) is 15.1. The lowest BCUT2D eigenvalue weighted by molar-refractivity contribution is -0.880. The normalized spacial score (nSPS) is 18.0. The number of aromatic nitrogens is 1. The molecular weight excluding hydrogens is 270 g/mol. The van der Waals surface area contributed by atoms with Gasteiger partial charge in [-0.15, -0.1) is 0 Å². The van der Waals surface area contributed by atoms with Gasteiger partial charge in [0.2, 0.25) is 0 Å². The van der Waals surface area contributed by atoms with Crippen LogP contribution in [0.5, 0.6) is 0 Å². The van der Waals surface area contributed by atoms with Crippen LogP contribution in [0.2, 0.25) is 0 Å². The van der Waals surface area contributed by atoms with Crippen molar-refractivity contribution in [3.05, 3.63) is 30.1 Å². The van der Waals surface area contributed by atoms with Crippen LogP contribution in [0.1, 0.15) is 18.4 Å². The Labute approximate surface area is 123 Å². The Hall–Kier alpha value is -2.28. The Kier molecular flexibility index (Phi) is 5.39. The lowest BCUT2D eigenvalue weighted by Crippen LogP contribution is -3.10. The van der Waals surface area contributed by atoms with E-state index in [-0.39, 0.29) is 0 Å². The van der Waals surface area contributed by atoms with E-state index in [1.807, 2.05) is 0 Å². The molecule has 0 aliphatic carbocycles. The molecule has 0 radical (unpaired) electrons. The molecule has 0 unspecified atom stereocenters. The average molecular weight is 290 g/mol. The summed E-state index contributed by atoms with van der Waals surface area (Å²) in [5, 5.41) is 6.57. The van der Waals surface area contributed by atoms with E-state index in [1.54, 1.807) is 24.5 Å². The summed E-state index contributed by atoms with van der Waals surface area (Å²) in [6, 6.07) is 3.55. The fourth-order valence-electron chi connectivity index (χ4n) is 2.02. The van der Waals surface area contributed by atoms with E-state index in [4.69, 9.17) is 0 Å². The molecule has 21 heavy (non-hydrogen) atoms. The van der Waals surface area contributed by atoms with Gasteiger partial charge in [0.1, 0.15) is 0 Å². The molecule has 2 heterocycles. The number of carbonyl (C=O) groups is 2. The summed E-state index contributed by atoms with van der Waals surface area (Å²) < 4.78 is 0. The number of likely N-dealkylation sites (tertiary alicyclic amines) is 1. The predicted molar refractivity (Wildman–Crippen MR) is 77.5 cm³/mol. The van der Waals surface area contributed by atoms with Crippen molar-refractivity contribution in [2.75, 3.05) is 20.1 Å². The minimum absolute atomic E-state index is 0.291. The molecule has 2 amide bonds. The number of piperidine rings is 1. The van der Waals surface area contributed by atoms with Crippen LogP contribution in [0.25, 0.3) is 0 Å². The van der Waals surface area contributed by atoms with E-state index in [2.05, 4.69) is 27.9 Å². The second-order valence-corrected chi connectivity index (χ2v) is 5.11. The van der Waals surface area contributed by atoms with Gasteiger partial charge in [0.15, 0.2) is 0 Å². The van der Waals surface area contributed by atoms with Gasteiger partial charge in [-0.3, -0.25) is 14.6 Å². The second kappa shape index (κ2) is 7.49. The van der Waals surface area contributed by atoms with Crippen LogP contribution in [-0.2, 0) is 16.1 Å². The van der Waals surface area contributed by atoms with Crippen LogP contribution in [-0.4, -0.2) is 42.6 Å². The molecule has 1 aromatic rings. The molecule has 1 aromatic heterocycles. The Morgan fingerprint density at radius 3 is 2.57 bits per heavy atom. The zero-order valence-electron chi connectivity index (χ0n) is 12.1. The van der Waals surface area contributed by atoms with Crippen molar-refractivity contribution in [3.63, 3.8) is 0 Å². The molecule has 7 nitrogen and oxygen atoms in total. The van der Waals surface area contributed by atoms with Crippen molar-refractivity contribution < 1.29 is 14.5 Å². The van der Waals surface area contributed by atoms with Crippen LogP contribution in [0, 0.1) is 0 Å². The summed E-state index contributed by atoms with van der Waals surface area (Å²) in [4.78, 5) is 28.6. The van der Waals surface area contributed by atoms with Crippen LogP contribution in [0.3, 0.4) is 0 Å². The lowest BCUT2D eigenvalue weighted by atomic mass is 10.1. The molecular formula is C14H20N5O2+. The van der Waals surface area contributed by atoms with Crippen molar-refractivity contribution in [1.29, 1.82) is 0 Å². The molecule has 0 atom stereocenters. The summed E-state index contributed by atoms with van der Waals surface area (Å²) >= 11 is 0. The number of nitrogens with zero attached hydrogens (tertiary/aromatic N) is 2. The summed E-state index contributed by atoms with van der Waals surface area (Å²) in [6.45, 7) is 2.30. The van der Waals surface area contributed by atoms with E-state index in [0.29, 0.717) is 6.54 Å². The molecule has 3 N–H and O–H groups in total. The minimum Gasteiger partial charge on any atom is -0.344 e. The molecule has 0 saturated carbocycles. The third-order valence-electron chi connectivity index (χ3n) is 3.40. The SMILES string of the molecule is C[NH+]1CCC(=NNC(=O)C(=O)NCc2ccncc2)CC1. The fraction of sp³-hybridized carbons (Fsp3) is 0.429. The smallest absolute Gasteiger partial charge is 0.329 e. The first-order chi connectivity index (χ1) is 10.1. The molecule has 0 spiro atoms. The number of hydrazone groups is 1. The van der Waals surface area contributed by atoms with Gasteiger partial charge >= 0.3 is 11.8 Å². The molecule has 0 aromatic carbocycles. The van der Waals surface area contributed by atoms with Crippen LogP contribution >= 0.6 is 0 Å². The Morgan fingerprint density at radius 2 is 1.90 bits per heavy atom. The standard InChI is InChI=1S/C14H19N5O2/c1-19-8-4-12(5-9-19)17-18-14(21)13(20)16-10-11-2-6-15-7-3-11/h2-3,6-7H,4-5,8-10H2,1H3,(H,16,20)(H,18,21)/p+1. The molecule has 1 aliphatic heterocycles. The van der Waals surface area contributed by atoms with E-state index in [9.17, 15) is 9.59 Å². The molecule has 1 saturated heterocycles. The quantitative estimate of drug-likeness (QED) is 0.466. The third-order valence-corrected chi connectivity index (χ3v) is 3.40. The fourth-order valence-corrected chi connectivity index (χ4v) is 2.02. The maximum Gasteiger partial charge on any atom is 0.329 e. The van der Waals surface area contributed by atoms with Crippen LogP contribution in [0.4, 0.5) is 0 Å². The number of pyridine rings is 1. The maximum atomic E-state index is 11.6. The van der Waals surface area contributed by atoms with E-state index >= 15 is 0 Å².